The van der Waals surface area contributed by atoms with Crippen LogP contribution in [0.2, 0.25) is 0 Å². The van der Waals surface area contributed by atoms with E-state index < -0.39 is 0 Å². The highest BCUT2D eigenvalue weighted by Crippen LogP contribution is 2.22. The molecular weight excluding hydrogens is 232 g/mol. The van der Waals surface area contributed by atoms with Crippen LogP contribution < -0.4 is 21.3 Å². The van der Waals surface area contributed by atoms with E-state index in [1.54, 1.807) is 13.2 Å². The van der Waals surface area contributed by atoms with E-state index in [0.717, 1.165) is 5.56 Å². The van der Waals surface area contributed by atoms with E-state index in [2.05, 4.69) is 15.3 Å². The van der Waals surface area contributed by atoms with E-state index in [0.29, 0.717) is 23.8 Å². The van der Waals surface area contributed by atoms with Crippen LogP contribution in [0.15, 0.2) is 35.4 Å². The molecule has 6 heteroatoms. The van der Waals surface area contributed by atoms with Gasteiger partial charge in [-0.3, -0.25) is 4.79 Å². The van der Waals surface area contributed by atoms with E-state index in [1.807, 2.05) is 12.1 Å². The molecule has 2 rings (SSSR count). The second-order valence-electron chi connectivity index (χ2n) is 3.73. The molecule has 0 atom stereocenters. The molecule has 0 spiro atoms. The predicted octanol–water partition coefficient (Wildman–Crippen LogP) is 0.973. The Morgan fingerprint density at radius 1 is 1.44 bits per heavy atom. The number of aromatic amines is 1. The van der Waals surface area contributed by atoms with Crippen LogP contribution in [0.25, 0.3) is 0 Å². The minimum atomic E-state index is -0.193. The van der Waals surface area contributed by atoms with E-state index in [9.17, 15) is 4.79 Å². The molecule has 0 saturated heterocycles. The van der Waals surface area contributed by atoms with Crippen LogP contribution in [0.3, 0.4) is 0 Å². The van der Waals surface area contributed by atoms with Crippen LogP contribution in [-0.2, 0) is 6.54 Å². The molecule has 6 nitrogen and oxygen atoms in total. The largest absolute Gasteiger partial charge is 0.495 e. The van der Waals surface area contributed by atoms with Crippen molar-refractivity contribution < 1.29 is 4.74 Å². The van der Waals surface area contributed by atoms with E-state index in [4.69, 9.17) is 10.5 Å². The zero-order chi connectivity index (χ0) is 13.0. The van der Waals surface area contributed by atoms with Crippen LogP contribution in [0.4, 0.5) is 11.5 Å². The summed E-state index contributed by atoms with van der Waals surface area (Å²) in [6.45, 7) is 0.532. The molecule has 0 aliphatic carbocycles. The number of anilines is 2. The monoisotopic (exact) mass is 246 g/mol. The summed E-state index contributed by atoms with van der Waals surface area (Å²) in [4.78, 5) is 17.5. The third-order valence-corrected chi connectivity index (χ3v) is 2.45. The van der Waals surface area contributed by atoms with Crippen molar-refractivity contribution in [3.8, 4) is 5.75 Å². The number of hydrogen-bond acceptors (Lipinski definition) is 5. The van der Waals surface area contributed by atoms with Gasteiger partial charge in [0.1, 0.15) is 11.6 Å². The van der Waals surface area contributed by atoms with Crippen LogP contribution >= 0.6 is 0 Å². The fraction of sp³-hybridized carbons (Fsp3) is 0.167. The number of methoxy groups -OCH3 is 1. The van der Waals surface area contributed by atoms with Crippen molar-refractivity contribution in [1.29, 1.82) is 0 Å². The lowest BCUT2D eigenvalue weighted by Crippen LogP contribution is -2.09. The normalized spacial score (nSPS) is 10.1. The molecule has 0 radical (unpaired) electrons. The van der Waals surface area contributed by atoms with Gasteiger partial charge in [0.05, 0.1) is 19.1 Å². The number of ether oxygens (including phenoxy) is 1. The van der Waals surface area contributed by atoms with Gasteiger partial charge in [0.2, 0.25) is 0 Å². The molecule has 2 aromatic rings. The molecule has 4 N–H and O–H groups in total. The Bertz CT molecular complexity index is 595. The molecule has 1 aromatic heterocycles. The summed E-state index contributed by atoms with van der Waals surface area (Å²) in [5.74, 6) is 1.17. The topological polar surface area (TPSA) is 93.0 Å². The van der Waals surface area contributed by atoms with Gasteiger partial charge < -0.3 is 20.8 Å². The lowest BCUT2D eigenvalue weighted by molar-refractivity contribution is 0.417. The molecule has 1 heterocycles. The summed E-state index contributed by atoms with van der Waals surface area (Å²) in [7, 11) is 1.57. The first-order chi connectivity index (χ1) is 8.69. The number of hydrogen-bond donors (Lipinski definition) is 3. The van der Waals surface area contributed by atoms with Crippen molar-refractivity contribution in [2.24, 2.45) is 0 Å². The number of nitrogens with zero attached hydrogens (tertiary/aromatic N) is 1. The summed E-state index contributed by atoms with van der Waals surface area (Å²) in [6, 6.07) is 6.92. The first kappa shape index (κ1) is 12.0. The number of H-pyrrole nitrogens is 1. The smallest absolute Gasteiger partial charge is 0.252 e. The van der Waals surface area contributed by atoms with E-state index in [-0.39, 0.29) is 5.56 Å². The van der Waals surface area contributed by atoms with Crippen molar-refractivity contribution in [3.63, 3.8) is 0 Å². The Kier molecular flexibility index (Phi) is 3.47. The molecule has 0 amide bonds. The average Bonchev–Trinajstić information content (AvgIpc) is 2.37. The first-order valence-corrected chi connectivity index (χ1v) is 5.40. The van der Waals surface area contributed by atoms with Gasteiger partial charge in [-0.25, -0.2) is 4.98 Å². The number of nitrogen functional groups attached to an aromatic ring is 1. The second kappa shape index (κ2) is 5.22. The maximum atomic E-state index is 11.1. The van der Waals surface area contributed by atoms with Gasteiger partial charge in [0.25, 0.3) is 5.56 Å². The van der Waals surface area contributed by atoms with E-state index >= 15 is 0 Å². The molecule has 0 aliphatic rings. The van der Waals surface area contributed by atoms with Gasteiger partial charge in [0.15, 0.2) is 0 Å². The predicted molar refractivity (Wildman–Crippen MR) is 69.6 cm³/mol. The summed E-state index contributed by atoms with van der Waals surface area (Å²) in [5, 5.41) is 3.04. The first-order valence-electron chi connectivity index (χ1n) is 5.40. The van der Waals surface area contributed by atoms with Gasteiger partial charge in [-0.15, -0.1) is 0 Å². The molecule has 0 bridgehead atoms. The Morgan fingerprint density at radius 2 is 2.28 bits per heavy atom. The van der Waals surface area contributed by atoms with Crippen LogP contribution in [0.1, 0.15) is 5.56 Å². The minimum absolute atomic E-state index is 0.193. The fourth-order valence-electron chi connectivity index (χ4n) is 1.55. The van der Waals surface area contributed by atoms with Gasteiger partial charge in [-0.2, -0.15) is 0 Å². The van der Waals surface area contributed by atoms with Crippen LogP contribution in [-0.4, -0.2) is 17.1 Å². The summed E-state index contributed by atoms with van der Waals surface area (Å²) < 4.78 is 5.08. The number of nitrogens with two attached hydrogens (primary N) is 1. The standard InChI is InChI=1S/C12H14N4O2/c1-18-10-3-2-8(4-9(10)13)6-14-11-5-12(17)16-7-15-11/h2-5,7H,6,13H2,1H3,(H2,14,15,16,17). The Hall–Kier alpha value is -2.50. The lowest BCUT2D eigenvalue weighted by atomic mass is 10.2. The highest BCUT2D eigenvalue weighted by atomic mass is 16.5. The summed E-state index contributed by atoms with van der Waals surface area (Å²) >= 11 is 0. The highest BCUT2D eigenvalue weighted by molar-refractivity contribution is 5.54. The molecule has 0 unspecified atom stereocenters. The van der Waals surface area contributed by atoms with Gasteiger partial charge in [-0.05, 0) is 17.7 Å². The number of rotatable bonds is 4. The summed E-state index contributed by atoms with van der Waals surface area (Å²) in [5.41, 5.74) is 7.17. The summed E-state index contributed by atoms with van der Waals surface area (Å²) in [6.07, 6.45) is 1.35. The maximum absolute atomic E-state index is 11.1. The zero-order valence-corrected chi connectivity index (χ0v) is 9.93. The lowest BCUT2D eigenvalue weighted by Gasteiger charge is -2.08. The third-order valence-electron chi connectivity index (χ3n) is 2.45. The number of benzene rings is 1. The van der Waals surface area contributed by atoms with Gasteiger partial charge in [-0.1, -0.05) is 6.07 Å². The molecule has 0 aliphatic heterocycles. The van der Waals surface area contributed by atoms with Gasteiger partial charge >= 0.3 is 0 Å². The van der Waals surface area contributed by atoms with Crippen molar-refractivity contribution in [1.82, 2.24) is 9.97 Å². The Morgan fingerprint density at radius 3 is 2.94 bits per heavy atom. The number of aromatic nitrogens is 2. The minimum Gasteiger partial charge on any atom is -0.495 e. The van der Waals surface area contributed by atoms with Crippen molar-refractivity contribution in [2.45, 2.75) is 6.54 Å². The molecule has 94 valence electrons. The SMILES string of the molecule is COc1ccc(CNc2cc(=O)[nH]cn2)cc1N. The van der Waals surface area contributed by atoms with Crippen molar-refractivity contribution >= 4 is 11.5 Å². The molecular formula is C12H14N4O2. The molecule has 0 fully saturated rings. The van der Waals surface area contributed by atoms with Crippen LogP contribution in [0, 0.1) is 0 Å². The highest BCUT2D eigenvalue weighted by Gasteiger charge is 2.01. The van der Waals surface area contributed by atoms with Crippen LogP contribution in [0.5, 0.6) is 5.75 Å². The maximum Gasteiger partial charge on any atom is 0.252 e. The van der Waals surface area contributed by atoms with Crippen molar-refractivity contribution in [2.75, 3.05) is 18.2 Å². The Balaban J connectivity index is 2.06. The number of nitrogens with one attached hydrogen (secondary N) is 2. The molecule has 1 aromatic carbocycles. The second-order valence-corrected chi connectivity index (χ2v) is 3.73. The quantitative estimate of drug-likeness (QED) is 0.699. The fourth-order valence-corrected chi connectivity index (χ4v) is 1.55. The zero-order valence-electron chi connectivity index (χ0n) is 9.93. The molecule has 0 saturated carbocycles. The van der Waals surface area contributed by atoms with E-state index in [1.165, 1.54) is 12.4 Å². The van der Waals surface area contributed by atoms with Gasteiger partial charge in [0, 0.05) is 12.6 Å². The third kappa shape index (κ3) is 2.79. The Labute approximate surface area is 104 Å². The molecule has 18 heavy (non-hydrogen) atoms. The van der Waals surface area contributed by atoms with Crippen molar-refractivity contribution in [3.05, 3.63) is 46.5 Å². The average molecular weight is 246 g/mol.